The monoisotopic (exact) mass is 344 g/mol. The highest BCUT2D eigenvalue weighted by atomic mass is 127. The lowest BCUT2D eigenvalue weighted by Crippen LogP contribution is -1.96. The molecule has 4 heteroatoms. The molecule has 0 aromatic heterocycles. The lowest BCUT2D eigenvalue weighted by Gasteiger charge is -2.10. The smallest absolute Gasteiger partial charge is 0.0651 e. The van der Waals surface area contributed by atoms with Gasteiger partial charge in [-0.05, 0) is 52.9 Å². The number of hydrogen-bond donors (Lipinski definition) is 2. The molecule has 0 fully saturated rings. The maximum Gasteiger partial charge on any atom is 0.0651 e. The number of anilines is 3. The molecule has 0 heterocycles. The lowest BCUT2D eigenvalue weighted by atomic mass is 10.2. The van der Waals surface area contributed by atoms with E-state index in [-0.39, 0.29) is 0 Å². The van der Waals surface area contributed by atoms with E-state index in [0.717, 1.165) is 14.9 Å². The number of nitrogens with two attached hydrogens (primary N) is 1. The first-order valence-electron chi connectivity index (χ1n) is 4.73. The normalized spacial score (nSPS) is 10.1. The molecule has 16 heavy (non-hydrogen) atoms. The zero-order valence-electron chi connectivity index (χ0n) is 8.37. The molecule has 0 saturated carbocycles. The van der Waals surface area contributed by atoms with E-state index in [4.69, 9.17) is 17.3 Å². The van der Waals surface area contributed by atoms with Crippen LogP contribution in [0.5, 0.6) is 0 Å². The van der Waals surface area contributed by atoms with Gasteiger partial charge in [-0.25, -0.2) is 0 Å². The van der Waals surface area contributed by atoms with Crippen LogP contribution in [0.25, 0.3) is 0 Å². The van der Waals surface area contributed by atoms with Gasteiger partial charge in [-0.1, -0.05) is 23.7 Å². The Hall–Kier alpha value is -0.940. The van der Waals surface area contributed by atoms with E-state index in [1.54, 1.807) is 0 Å². The van der Waals surface area contributed by atoms with Crippen LogP contribution < -0.4 is 11.1 Å². The highest BCUT2D eigenvalue weighted by Crippen LogP contribution is 2.29. The van der Waals surface area contributed by atoms with Gasteiger partial charge in [0, 0.05) is 3.57 Å². The molecule has 0 spiro atoms. The Kier molecular flexibility index (Phi) is 3.56. The second-order valence-corrected chi connectivity index (χ2v) is 4.99. The van der Waals surface area contributed by atoms with Crippen LogP contribution in [0.1, 0.15) is 0 Å². The molecule has 2 aromatic carbocycles. The third-order valence-corrected chi connectivity index (χ3v) is 3.14. The van der Waals surface area contributed by atoms with Gasteiger partial charge in [-0.3, -0.25) is 0 Å². The predicted octanol–water partition coefficient (Wildman–Crippen LogP) is 4.27. The predicted molar refractivity (Wildman–Crippen MR) is 78.3 cm³/mol. The highest BCUT2D eigenvalue weighted by Gasteiger charge is 2.03. The third-order valence-electron chi connectivity index (χ3n) is 2.16. The summed E-state index contributed by atoms with van der Waals surface area (Å²) in [7, 11) is 0. The molecule has 0 atom stereocenters. The molecule has 0 bridgehead atoms. The van der Waals surface area contributed by atoms with Gasteiger partial charge in [-0.15, -0.1) is 0 Å². The van der Waals surface area contributed by atoms with Crippen LogP contribution in [0.15, 0.2) is 42.5 Å². The molecule has 0 unspecified atom stereocenters. The Bertz CT molecular complexity index is 514. The van der Waals surface area contributed by atoms with Crippen molar-refractivity contribution in [2.45, 2.75) is 0 Å². The second-order valence-electron chi connectivity index (χ2n) is 3.34. The molecule has 0 saturated heterocycles. The Balaban J connectivity index is 2.31. The number of benzene rings is 2. The number of para-hydroxylation sites is 2. The van der Waals surface area contributed by atoms with Gasteiger partial charge in [0.05, 0.1) is 22.1 Å². The van der Waals surface area contributed by atoms with Crippen molar-refractivity contribution in [2.24, 2.45) is 0 Å². The minimum atomic E-state index is 0.690. The average molecular weight is 345 g/mol. The summed E-state index contributed by atoms with van der Waals surface area (Å²) >= 11 is 8.35. The summed E-state index contributed by atoms with van der Waals surface area (Å²) in [5, 5.41) is 3.90. The van der Waals surface area contributed by atoms with Crippen LogP contribution in [0.4, 0.5) is 17.1 Å². The minimum Gasteiger partial charge on any atom is -0.397 e. The molecular formula is C12H10ClIN2. The van der Waals surface area contributed by atoms with Gasteiger partial charge in [0.2, 0.25) is 0 Å². The van der Waals surface area contributed by atoms with Gasteiger partial charge >= 0.3 is 0 Å². The van der Waals surface area contributed by atoms with Crippen LogP contribution in [-0.4, -0.2) is 0 Å². The number of nitrogens with one attached hydrogen (secondary N) is 1. The van der Waals surface area contributed by atoms with Crippen LogP contribution in [0.3, 0.4) is 0 Å². The molecular weight excluding hydrogens is 335 g/mol. The summed E-state index contributed by atoms with van der Waals surface area (Å²) in [6.45, 7) is 0. The molecule has 3 N–H and O–H groups in total. The largest absolute Gasteiger partial charge is 0.397 e. The summed E-state index contributed by atoms with van der Waals surface area (Å²) in [6.07, 6.45) is 0. The van der Waals surface area contributed by atoms with Crippen molar-refractivity contribution >= 4 is 51.3 Å². The molecule has 82 valence electrons. The van der Waals surface area contributed by atoms with Crippen LogP contribution in [-0.2, 0) is 0 Å². The Morgan fingerprint density at radius 1 is 1.06 bits per heavy atom. The molecule has 0 aliphatic carbocycles. The minimum absolute atomic E-state index is 0.690. The van der Waals surface area contributed by atoms with Gasteiger partial charge in [-0.2, -0.15) is 0 Å². The Labute approximate surface area is 113 Å². The summed E-state index contributed by atoms with van der Waals surface area (Å²) in [6, 6.07) is 13.4. The van der Waals surface area contributed by atoms with Gasteiger partial charge in [0.15, 0.2) is 0 Å². The molecule has 2 nitrogen and oxygen atoms in total. The van der Waals surface area contributed by atoms with E-state index in [2.05, 4.69) is 27.9 Å². The Morgan fingerprint density at radius 3 is 2.50 bits per heavy atom. The Morgan fingerprint density at radius 2 is 1.81 bits per heavy atom. The summed E-state index contributed by atoms with van der Waals surface area (Å²) in [5.74, 6) is 0. The summed E-state index contributed by atoms with van der Waals surface area (Å²) in [4.78, 5) is 0. The first-order valence-corrected chi connectivity index (χ1v) is 6.19. The quantitative estimate of drug-likeness (QED) is 0.631. The molecule has 0 aliphatic rings. The number of rotatable bonds is 2. The van der Waals surface area contributed by atoms with Crippen LogP contribution >= 0.6 is 34.2 Å². The van der Waals surface area contributed by atoms with Crippen molar-refractivity contribution in [1.82, 2.24) is 0 Å². The average Bonchev–Trinajstić information content (AvgIpc) is 2.25. The summed E-state index contributed by atoms with van der Waals surface area (Å²) in [5.41, 5.74) is 8.27. The lowest BCUT2D eigenvalue weighted by molar-refractivity contribution is 1.53. The fraction of sp³-hybridized carbons (Fsp3) is 0. The van der Waals surface area contributed by atoms with Crippen molar-refractivity contribution in [3.63, 3.8) is 0 Å². The van der Waals surface area contributed by atoms with Crippen molar-refractivity contribution in [1.29, 1.82) is 0 Å². The van der Waals surface area contributed by atoms with Gasteiger partial charge in [0.1, 0.15) is 0 Å². The van der Waals surface area contributed by atoms with Crippen LogP contribution in [0, 0.1) is 3.57 Å². The van der Waals surface area contributed by atoms with E-state index >= 15 is 0 Å². The number of nitrogen functional groups attached to an aromatic ring is 1. The zero-order chi connectivity index (χ0) is 11.5. The number of halogens is 2. The van der Waals surface area contributed by atoms with E-state index in [1.807, 2.05) is 42.5 Å². The van der Waals surface area contributed by atoms with E-state index in [9.17, 15) is 0 Å². The first kappa shape index (κ1) is 11.5. The van der Waals surface area contributed by atoms with E-state index in [1.165, 1.54) is 0 Å². The molecule has 0 radical (unpaired) electrons. The molecule has 2 rings (SSSR count). The topological polar surface area (TPSA) is 38.0 Å². The highest BCUT2D eigenvalue weighted by molar-refractivity contribution is 14.1. The van der Waals surface area contributed by atoms with Crippen molar-refractivity contribution in [2.75, 3.05) is 11.1 Å². The van der Waals surface area contributed by atoms with Crippen molar-refractivity contribution in [3.05, 3.63) is 51.1 Å². The van der Waals surface area contributed by atoms with E-state index in [0.29, 0.717) is 10.7 Å². The molecule has 0 aliphatic heterocycles. The summed E-state index contributed by atoms with van der Waals surface area (Å²) < 4.78 is 1.11. The third kappa shape index (κ3) is 2.59. The second kappa shape index (κ2) is 4.93. The van der Waals surface area contributed by atoms with Crippen LogP contribution in [0.2, 0.25) is 5.02 Å². The fourth-order valence-electron chi connectivity index (χ4n) is 1.35. The fourth-order valence-corrected chi connectivity index (χ4v) is 2.25. The van der Waals surface area contributed by atoms with Crippen molar-refractivity contribution < 1.29 is 0 Å². The standard InChI is InChI=1S/C12H10ClIN2/c13-9-7-8(14)5-6-11(9)16-12-4-2-1-3-10(12)15/h1-7,16H,15H2. The maximum absolute atomic E-state index is 6.12. The van der Waals surface area contributed by atoms with Gasteiger partial charge < -0.3 is 11.1 Å². The van der Waals surface area contributed by atoms with E-state index < -0.39 is 0 Å². The SMILES string of the molecule is Nc1ccccc1Nc1ccc(I)cc1Cl. The molecule has 2 aromatic rings. The van der Waals surface area contributed by atoms with Crippen molar-refractivity contribution in [3.8, 4) is 0 Å². The first-order chi connectivity index (χ1) is 7.66. The molecule has 0 amide bonds. The number of hydrogen-bond acceptors (Lipinski definition) is 2. The maximum atomic E-state index is 6.12. The van der Waals surface area contributed by atoms with Gasteiger partial charge in [0.25, 0.3) is 0 Å². The zero-order valence-corrected chi connectivity index (χ0v) is 11.3.